The van der Waals surface area contributed by atoms with Crippen LogP contribution >= 0.6 is 11.8 Å². The molecule has 3 nitrogen and oxygen atoms in total. The molecule has 1 aromatic heterocycles. The lowest BCUT2D eigenvalue weighted by Crippen LogP contribution is -2.32. The molecular formula is C17H22N2OS. The summed E-state index contributed by atoms with van der Waals surface area (Å²) in [6.07, 6.45) is 2.66. The summed E-state index contributed by atoms with van der Waals surface area (Å²) in [7, 11) is 0. The van der Waals surface area contributed by atoms with Gasteiger partial charge >= 0.3 is 0 Å². The molecule has 0 spiro atoms. The van der Waals surface area contributed by atoms with Gasteiger partial charge in [0.15, 0.2) is 0 Å². The van der Waals surface area contributed by atoms with Crippen molar-refractivity contribution >= 4 is 22.7 Å². The highest BCUT2D eigenvalue weighted by Gasteiger charge is 2.23. The smallest absolute Gasteiger partial charge is 0.134 e. The molecule has 4 rings (SSSR count). The molecule has 0 atom stereocenters. The Bertz CT molecular complexity index is 614. The molecule has 0 bridgehead atoms. The van der Waals surface area contributed by atoms with Crippen LogP contribution in [0.1, 0.15) is 24.2 Å². The van der Waals surface area contributed by atoms with Crippen molar-refractivity contribution in [2.24, 2.45) is 0 Å². The minimum atomic E-state index is 0.734. The van der Waals surface area contributed by atoms with Gasteiger partial charge in [-0.15, -0.1) is 0 Å². The SMILES string of the molecule is c1ccc2c(CNC3CC3)c(CN3CCSCC3)oc2c1. The predicted octanol–water partition coefficient (Wildman–Crippen LogP) is 3.23. The molecule has 112 valence electrons. The van der Waals surface area contributed by atoms with E-state index >= 15 is 0 Å². The van der Waals surface area contributed by atoms with Crippen LogP contribution in [0.3, 0.4) is 0 Å². The lowest BCUT2D eigenvalue weighted by molar-refractivity contribution is 0.269. The maximum Gasteiger partial charge on any atom is 0.134 e. The third-order valence-electron chi connectivity index (χ3n) is 4.40. The van der Waals surface area contributed by atoms with Gasteiger partial charge in [-0.3, -0.25) is 4.90 Å². The zero-order valence-electron chi connectivity index (χ0n) is 12.3. The monoisotopic (exact) mass is 302 g/mol. The highest BCUT2D eigenvalue weighted by molar-refractivity contribution is 7.99. The fourth-order valence-electron chi connectivity index (χ4n) is 2.97. The molecule has 0 unspecified atom stereocenters. The van der Waals surface area contributed by atoms with Crippen molar-refractivity contribution in [1.82, 2.24) is 10.2 Å². The highest BCUT2D eigenvalue weighted by Crippen LogP contribution is 2.29. The Kier molecular flexibility index (Phi) is 3.93. The Hall–Kier alpha value is -0.970. The third-order valence-corrected chi connectivity index (χ3v) is 5.34. The predicted molar refractivity (Wildman–Crippen MR) is 88.7 cm³/mol. The van der Waals surface area contributed by atoms with Gasteiger partial charge in [0.05, 0.1) is 6.54 Å². The van der Waals surface area contributed by atoms with Gasteiger partial charge in [0.2, 0.25) is 0 Å². The number of rotatable bonds is 5. The van der Waals surface area contributed by atoms with Crippen LogP contribution in [0.4, 0.5) is 0 Å². The summed E-state index contributed by atoms with van der Waals surface area (Å²) >= 11 is 2.06. The number of furan rings is 1. The Balaban J connectivity index is 1.59. The molecular weight excluding hydrogens is 280 g/mol. The van der Waals surface area contributed by atoms with E-state index in [2.05, 4.69) is 46.2 Å². The van der Waals surface area contributed by atoms with Gasteiger partial charge in [-0.05, 0) is 18.9 Å². The molecule has 2 fully saturated rings. The van der Waals surface area contributed by atoms with E-state index in [0.29, 0.717) is 0 Å². The Labute approximate surface area is 130 Å². The highest BCUT2D eigenvalue weighted by atomic mass is 32.2. The van der Waals surface area contributed by atoms with E-state index in [1.165, 1.54) is 48.4 Å². The van der Waals surface area contributed by atoms with Crippen molar-refractivity contribution in [2.45, 2.75) is 32.0 Å². The number of thioether (sulfide) groups is 1. The summed E-state index contributed by atoms with van der Waals surface area (Å²) in [6.45, 7) is 4.25. The second kappa shape index (κ2) is 6.03. The molecule has 1 N–H and O–H groups in total. The molecule has 2 aromatic rings. The first-order valence-corrected chi connectivity index (χ1v) is 9.08. The van der Waals surface area contributed by atoms with Crippen molar-refractivity contribution in [3.63, 3.8) is 0 Å². The molecule has 1 aliphatic heterocycles. The molecule has 2 aliphatic rings. The largest absolute Gasteiger partial charge is 0.459 e. The Morgan fingerprint density at radius 3 is 2.81 bits per heavy atom. The van der Waals surface area contributed by atoms with Crippen LogP contribution in [-0.2, 0) is 13.1 Å². The van der Waals surface area contributed by atoms with E-state index in [0.717, 1.165) is 30.5 Å². The zero-order chi connectivity index (χ0) is 14.1. The summed E-state index contributed by atoms with van der Waals surface area (Å²) in [5.74, 6) is 3.66. The van der Waals surface area contributed by atoms with E-state index in [4.69, 9.17) is 4.42 Å². The molecule has 21 heavy (non-hydrogen) atoms. The molecule has 1 saturated carbocycles. The molecule has 2 heterocycles. The number of nitrogens with one attached hydrogen (secondary N) is 1. The van der Waals surface area contributed by atoms with Gasteiger partial charge in [0, 0.05) is 48.1 Å². The van der Waals surface area contributed by atoms with Crippen molar-refractivity contribution in [3.05, 3.63) is 35.6 Å². The Morgan fingerprint density at radius 2 is 2.00 bits per heavy atom. The van der Waals surface area contributed by atoms with Crippen molar-refractivity contribution in [2.75, 3.05) is 24.6 Å². The van der Waals surface area contributed by atoms with Crippen LogP contribution in [0.15, 0.2) is 28.7 Å². The van der Waals surface area contributed by atoms with Crippen LogP contribution in [0.5, 0.6) is 0 Å². The molecule has 1 aromatic carbocycles. The van der Waals surface area contributed by atoms with Crippen LogP contribution in [-0.4, -0.2) is 35.5 Å². The van der Waals surface area contributed by atoms with Gasteiger partial charge in [-0.25, -0.2) is 0 Å². The summed E-state index contributed by atoms with van der Waals surface area (Å²) < 4.78 is 6.17. The first kappa shape index (κ1) is 13.7. The average molecular weight is 302 g/mol. The van der Waals surface area contributed by atoms with Crippen LogP contribution < -0.4 is 5.32 Å². The minimum Gasteiger partial charge on any atom is -0.459 e. The van der Waals surface area contributed by atoms with E-state index < -0.39 is 0 Å². The average Bonchev–Trinajstić information content (AvgIpc) is 3.28. The standard InChI is InChI=1S/C17H22N2OS/c1-2-4-16-14(3-1)15(11-18-13-5-6-13)17(20-16)12-19-7-9-21-10-8-19/h1-4,13,18H,5-12H2. The van der Waals surface area contributed by atoms with Crippen LogP contribution in [0.25, 0.3) is 11.0 Å². The minimum absolute atomic E-state index is 0.734. The first-order valence-electron chi connectivity index (χ1n) is 7.93. The van der Waals surface area contributed by atoms with Gasteiger partial charge in [0.1, 0.15) is 11.3 Å². The number of benzene rings is 1. The van der Waals surface area contributed by atoms with Gasteiger partial charge < -0.3 is 9.73 Å². The summed E-state index contributed by atoms with van der Waals surface area (Å²) in [4.78, 5) is 2.52. The van der Waals surface area contributed by atoms with Crippen LogP contribution in [0.2, 0.25) is 0 Å². The zero-order valence-corrected chi connectivity index (χ0v) is 13.1. The van der Waals surface area contributed by atoms with Gasteiger partial charge in [0.25, 0.3) is 0 Å². The molecule has 1 saturated heterocycles. The van der Waals surface area contributed by atoms with E-state index in [1.54, 1.807) is 0 Å². The quantitative estimate of drug-likeness (QED) is 0.918. The van der Waals surface area contributed by atoms with E-state index in [9.17, 15) is 0 Å². The number of nitrogens with zero attached hydrogens (tertiary/aromatic N) is 1. The van der Waals surface area contributed by atoms with Crippen molar-refractivity contribution in [3.8, 4) is 0 Å². The van der Waals surface area contributed by atoms with Gasteiger partial charge in [-0.2, -0.15) is 11.8 Å². The molecule has 4 heteroatoms. The molecule has 0 radical (unpaired) electrons. The number of hydrogen-bond donors (Lipinski definition) is 1. The number of para-hydroxylation sites is 1. The summed E-state index contributed by atoms with van der Waals surface area (Å²) in [6, 6.07) is 9.19. The second-order valence-electron chi connectivity index (χ2n) is 6.04. The van der Waals surface area contributed by atoms with E-state index in [1.807, 2.05) is 0 Å². The first-order chi connectivity index (χ1) is 10.4. The fourth-order valence-corrected chi connectivity index (χ4v) is 3.95. The Morgan fingerprint density at radius 1 is 1.19 bits per heavy atom. The second-order valence-corrected chi connectivity index (χ2v) is 7.27. The number of hydrogen-bond acceptors (Lipinski definition) is 4. The van der Waals surface area contributed by atoms with Gasteiger partial charge in [-0.1, -0.05) is 18.2 Å². The molecule has 0 amide bonds. The fraction of sp³-hybridized carbons (Fsp3) is 0.529. The third kappa shape index (κ3) is 3.12. The van der Waals surface area contributed by atoms with Crippen molar-refractivity contribution in [1.29, 1.82) is 0 Å². The van der Waals surface area contributed by atoms with E-state index in [-0.39, 0.29) is 0 Å². The lowest BCUT2D eigenvalue weighted by Gasteiger charge is -2.25. The summed E-state index contributed by atoms with van der Waals surface area (Å²) in [5.41, 5.74) is 2.40. The normalized spacial score (nSPS) is 20.2. The lowest BCUT2D eigenvalue weighted by atomic mass is 10.1. The maximum absolute atomic E-state index is 6.17. The van der Waals surface area contributed by atoms with Crippen LogP contribution in [0, 0.1) is 0 Å². The topological polar surface area (TPSA) is 28.4 Å². The van der Waals surface area contributed by atoms with Crippen molar-refractivity contribution < 1.29 is 4.42 Å². The maximum atomic E-state index is 6.17. The summed E-state index contributed by atoms with van der Waals surface area (Å²) in [5, 5.41) is 4.93. The molecule has 1 aliphatic carbocycles. The number of fused-ring (bicyclic) bond motifs is 1.